The minimum absolute atomic E-state index is 0.0499. The van der Waals surface area contributed by atoms with Gasteiger partial charge >= 0.3 is 5.63 Å². The summed E-state index contributed by atoms with van der Waals surface area (Å²) in [4.78, 5) is 11.5. The second kappa shape index (κ2) is 3.66. The van der Waals surface area contributed by atoms with E-state index in [0.29, 0.717) is 16.5 Å². The minimum Gasteiger partial charge on any atom is -0.422 e. The predicted octanol–water partition coefficient (Wildman–Crippen LogP) is 1.43. The Morgan fingerprint density at radius 3 is 2.59 bits per heavy atom. The number of fused-ring (bicyclic) bond motifs is 1. The van der Waals surface area contributed by atoms with Gasteiger partial charge in [-0.1, -0.05) is 0 Å². The standard InChI is InChI=1S/C12H7N3O2/c1-6-8-2-7(4-13)10(15)3-11(8)17-12(16)9(6)5-14/h2-3H,15H2,1H3. The van der Waals surface area contributed by atoms with Crippen LogP contribution in [0, 0.1) is 29.6 Å². The zero-order valence-corrected chi connectivity index (χ0v) is 8.94. The average molecular weight is 225 g/mol. The molecule has 0 aliphatic carbocycles. The van der Waals surface area contributed by atoms with Crippen molar-refractivity contribution in [3.63, 3.8) is 0 Å². The van der Waals surface area contributed by atoms with Crippen LogP contribution in [0.1, 0.15) is 16.7 Å². The molecule has 5 heteroatoms. The summed E-state index contributed by atoms with van der Waals surface area (Å²) in [5.41, 5.74) is 6.18. The number of nitrogens with zero attached hydrogens (tertiary/aromatic N) is 2. The molecule has 1 aromatic heterocycles. The third kappa shape index (κ3) is 1.51. The highest BCUT2D eigenvalue weighted by molar-refractivity contribution is 5.87. The van der Waals surface area contributed by atoms with Gasteiger partial charge in [0.2, 0.25) is 0 Å². The molecule has 0 unspecified atom stereocenters. The van der Waals surface area contributed by atoms with E-state index >= 15 is 0 Å². The van der Waals surface area contributed by atoms with Crippen molar-refractivity contribution in [3.05, 3.63) is 39.2 Å². The summed E-state index contributed by atoms with van der Waals surface area (Å²) in [5, 5.41) is 18.3. The fourth-order valence-corrected chi connectivity index (χ4v) is 1.64. The summed E-state index contributed by atoms with van der Waals surface area (Å²) in [6, 6.07) is 6.66. The Balaban J connectivity index is 3.01. The first-order valence-electron chi connectivity index (χ1n) is 4.75. The second-order valence-corrected chi connectivity index (χ2v) is 3.55. The summed E-state index contributed by atoms with van der Waals surface area (Å²) in [6.07, 6.45) is 0. The van der Waals surface area contributed by atoms with Crippen molar-refractivity contribution < 1.29 is 4.42 Å². The van der Waals surface area contributed by atoms with Crippen LogP contribution >= 0.6 is 0 Å². The molecule has 5 nitrogen and oxygen atoms in total. The van der Waals surface area contributed by atoms with Crippen LogP contribution in [0.4, 0.5) is 5.69 Å². The molecule has 0 spiro atoms. The first-order valence-corrected chi connectivity index (χ1v) is 4.75. The Labute approximate surface area is 96.3 Å². The van der Waals surface area contributed by atoms with E-state index in [0.717, 1.165) is 0 Å². The lowest BCUT2D eigenvalue weighted by Crippen LogP contribution is -2.07. The van der Waals surface area contributed by atoms with Crippen LogP contribution < -0.4 is 11.4 Å². The molecule has 0 saturated heterocycles. The van der Waals surface area contributed by atoms with Gasteiger partial charge in [-0.05, 0) is 18.6 Å². The van der Waals surface area contributed by atoms with E-state index in [1.54, 1.807) is 13.0 Å². The average Bonchev–Trinajstić information content (AvgIpc) is 2.29. The lowest BCUT2D eigenvalue weighted by atomic mass is 10.0. The normalized spacial score (nSPS) is 9.82. The first-order chi connectivity index (χ1) is 8.08. The number of rotatable bonds is 0. The number of nitriles is 2. The molecule has 0 bridgehead atoms. The second-order valence-electron chi connectivity index (χ2n) is 3.55. The molecule has 0 amide bonds. The van der Waals surface area contributed by atoms with Crippen molar-refractivity contribution in [2.45, 2.75) is 6.92 Å². The van der Waals surface area contributed by atoms with Crippen LogP contribution in [0.25, 0.3) is 11.0 Å². The van der Waals surface area contributed by atoms with Gasteiger partial charge < -0.3 is 10.2 Å². The Hall–Kier alpha value is -2.79. The third-order valence-electron chi connectivity index (χ3n) is 2.57. The molecule has 1 heterocycles. The highest BCUT2D eigenvalue weighted by atomic mass is 16.4. The van der Waals surface area contributed by atoms with Gasteiger partial charge in [0, 0.05) is 11.5 Å². The van der Waals surface area contributed by atoms with Crippen molar-refractivity contribution in [3.8, 4) is 12.1 Å². The van der Waals surface area contributed by atoms with Gasteiger partial charge in [0.25, 0.3) is 0 Å². The summed E-state index contributed by atoms with van der Waals surface area (Å²) >= 11 is 0. The summed E-state index contributed by atoms with van der Waals surface area (Å²) in [7, 11) is 0. The number of nitrogens with two attached hydrogens (primary N) is 1. The number of benzene rings is 1. The van der Waals surface area contributed by atoms with Gasteiger partial charge in [-0.3, -0.25) is 0 Å². The van der Waals surface area contributed by atoms with Crippen LogP contribution in [-0.2, 0) is 0 Å². The highest BCUT2D eigenvalue weighted by Crippen LogP contribution is 2.24. The van der Waals surface area contributed by atoms with E-state index in [4.69, 9.17) is 20.7 Å². The molecule has 0 saturated carbocycles. The lowest BCUT2D eigenvalue weighted by Gasteiger charge is -2.04. The van der Waals surface area contributed by atoms with Crippen molar-refractivity contribution in [2.75, 3.05) is 5.73 Å². The molecular formula is C12H7N3O2. The van der Waals surface area contributed by atoms with E-state index < -0.39 is 5.63 Å². The van der Waals surface area contributed by atoms with Crippen molar-refractivity contribution in [2.24, 2.45) is 0 Å². The van der Waals surface area contributed by atoms with E-state index in [-0.39, 0.29) is 16.8 Å². The summed E-state index contributed by atoms with van der Waals surface area (Å²) in [6.45, 7) is 1.63. The largest absolute Gasteiger partial charge is 0.422 e. The highest BCUT2D eigenvalue weighted by Gasteiger charge is 2.12. The van der Waals surface area contributed by atoms with E-state index in [2.05, 4.69) is 0 Å². The Kier molecular flexibility index (Phi) is 2.31. The maximum atomic E-state index is 11.5. The van der Waals surface area contributed by atoms with Crippen molar-refractivity contribution >= 4 is 16.7 Å². The first kappa shape index (κ1) is 10.7. The van der Waals surface area contributed by atoms with E-state index in [9.17, 15) is 4.79 Å². The van der Waals surface area contributed by atoms with Crippen LogP contribution in [0.15, 0.2) is 21.3 Å². The molecule has 0 aliphatic heterocycles. The predicted molar refractivity (Wildman–Crippen MR) is 61.1 cm³/mol. The molecule has 0 radical (unpaired) electrons. The monoisotopic (exact) mass is 225 g/mol. The third-order valence-corrected chi connectivity index (χ3v) is 2.57. The lowest BCUT2D eigenvalue weighted by molar-refractivity contribution is 0.557. The van der Waals surface area contributed by atoms with Crippen LogP contribution in [0.5, 0.6) is 0 Å². The molecule has 2 rings (SSSR count). The van der Waals surface area contributed by atoms with Gasteiger partial charge in [-0.25, -0.2) is 4.79 Å². The van der Waals surface area contributed by atoms with Crippen LogP contribution in [0.2, 0.25) is 0 Å². The van der Waals surface area contributed by atoms with Gasteiger partial charge in [-0.15, -0.1) is 0 Å². The zero-order valence-electron chi connectivity index (χ0n) is 8.94. The molecule has 2 N–H and O–H groups in total. The molecule has 0 aliphatic rings. The van der Waals surface area contributed by atoms with E-state index in [1.807, 2.05) is 6.07 Å². The maximum Gasteiger partial charge on any atom is 0.354 e. The van der Waals surface area contributed by atoms with Gasteiger partial charge in [0.1, 0.15) is 23.3 Å². The Bertz CT molecular complexity index is 760. The Morgan fingerprint density at radius 2 is 2.00 bits per heavy atom. The number of aryl methyl sites for hydroxylation is 1. The number of hydrogen-bond acceptors (Lipinski definition) is 5. The molecule has 1 aromatic carbocycles. The maximum absolute atomic E-state index is 11.5. The molecule has 17 heavy (non-hydrogen) atoms. The Morgan fingerprint density at radius 1 is 1.29 bits per heavy atom. The van der Waals surface area contributed by atoms with Crippen molar-refractivity contribution in [1.29, 1.82) is 10.5 Å². The molecular weight excluding hydrogens is 218 g/mol. The minimum atomic E-state index is -0.693. The smallest absolute Gasteiger partial charge is 0.354 e. The number of nitrogen functional groups attached to an aromatic ring is 1. The summed E-state index contributed by atoms with van der Waals surface area (Å²) < 4.78 is 4.98. The fourth-order valence-electron chi connectivity index (χ4n) is 1.64. The summed E-state index contributed by atoms with van der Waals surface area (Å²) in [5.74, 6) is 0. The van der Waals surface area contributed by atoms with Gasteiger partial charge in [0.05, 0.1) is 11.3 Å². The molecule has 2 aromatic rings. The fraction of sp³-hybridized carbons (Fsp3) is 0.0833. The molecule has 0 fully saturated rings. The SMILES string of the molecule is Cc1c(C#N)c(=O)oc2cc(N)c(C#N)cc12. The van der Waals surface area contributed by atoms with Crippen LogP contribution in [-0.4, -0.2) is 0 Å². The topological polar surface area (TPSA) is 104 Å². The molecule has 0 atom stereocenters. The van der Waals surface area contributed by atoms with Crippen LogP contribution in [0.3, 0.4) is 0 Å². The molecule has 82 valence electrons. The number of anilines is 1. The number of hydrogen-bond donors (Lipinski definition) is 1. The quantitative estimate of drug-likeness (QED) is 0.539. The van der Waals surface area contributed by atoms with Gasteiger partial charge in [0.15, 0.2) is 0 Å². The van der Waals surface area contributed by atoms with E-state index in [1.165, 1.54) is 12.1 Å². The van der Waals surface area contributed by atoms with Crippen molar-refractivity contribution in [1.82, 2.24) is 0 Å². The van der Waals surface area contributed by atoms with Gasteiger partial charge in [-0.2, -0.15) is 10.5 Å². The zero-order chi connectivity index (χ0) is 12.6.